The molecule has 0 spiro atoms. The summed E-state index contributed by atoms with van der Waals surface area (Å²) >= 11 is 0. The highest BCUT2D eigenvalue weighted by Gasteiger charge is 2.14. The number of carbonyl (C=O) groups is 1. The molecule has 184 valence electrons. The number of rotatable bonds is 7. The summed E-state index contributed by atoms with van der Waals surface area (Å²) in [5, 5.41) is 5.35. The molecule has 3 aromatic carbocycles. The maximum absolute atomic E-state index is 13.2. The van der Waals surface area contributed by atoms with Crippen LogP contribution in [0.2, 0.25) is 0 Å². The second-order valence-corrected chi connectivity index (χ2v) is 8.79. The number of nitrogens with zero attached hydrogens (tertiary/aromatic N) is 4. The molecule has 0 atom stereocenters. The number of benzene rings is 3. The molecule has 0 saturated heterocycles. The molecule has 0 fully saturated rings. The van der Waals surface area contributed by atoms with Crippen LogP contribution in [-0.2, 0) is 11.3 Å². The first-order valence-corrected chi connectivity index (χ1v) is 12.2. The fourth-order valence-electron chi connectivity index (χ4n) is 4.16. The van der Waals surface area contributed by atoms with E-state index < -0.39 is 0 Å². The van der Waals surface area contributed by atoms with Crippen LogP contribution >= 0.6 is 0 Å². The van der Waals surface area contributed by atoms with Crippen molar-refractivity contribution in [3.63, 3.8) is 0 Å². The Bertz CT molecular complexity index is 1630. The van der Waals surface area contributed by atoms with Crippen LogP contribution in [-0.4, -0.2) is 37.1 Å². The molecule has 2 heterocycles. The highest BCUT2D eigenvalue weighted by molar-refractivity contribution is 5.93. The number of para-hydroxylation sites is 2. The van der Waals surface area contributed by atoms with E-state index in [0.29, 0.717) is 23.3 Å². The molecule has 37 heavy (non-hydrogen) atoms. The second kappa shape index (κ2) is 10.5. The van der Waals surface area contributed by atoms with Gasteiger partial charge in [-0.2, -0.15) is 5.10 Å². The first-order valence-electron chi connectivity index (χ1n) is 12.2. The van der Waals surface area contributed by atoms with Crippen LogP contribution in [0.3, 0.4) is 0 Å². The summed E-state index contributed by atoms with van der Waals surface area (Å²) in [6.07, 6.45) is 5.27. The minimum absolute atomic E-state index is 0.180. The lowest BCUT2D eigenvalue weighted by Crippen LogP contribution is -2.30. The molecule has 0 aliphatic carbocycles. The molecule has 7 heteroatoms. The van der Waals surface area contributed by atoms with Crippen molar-refractivity contribution in [1.29, 1.82) is 0 Å². The monoisotopic (exact) mass is 489 g/mol. The molecular formula is C30H27N5O2. The predicted octanol–water partition coefficient (Wildman–Crippen LogP) is 5.15. The van der Waals surface area contributed by atoms with Crippen LogP contribution < -0.4 is 5.56 Å². The Morgan fingerprint density at radius 2 is 1.73 bits per heavy atom. The number of nitrogens with one attached hydrogen (secondary N) is 1. The van der Waals surface area contributed by atoms with E-state index in [9.17, 15) is 9.59 Å². The minimum Gasteiger partial charge on any atom is -0.332 e. The summed E-state index contributed by atoms with van der Waals surface area (Å²) in [5.74, 6) is 0.269. The number of H-pyrrole nitrogens is 1. The zero-order valence-corrected chi connectivity index (χ0v) is 20.8. The zero-order valence-electron chi connectivity index (χ0n) is 20.8. The molecular weight excluding hydrogens is 462 g/mol. The normalized spacial score (nSPS) is 11.3. The van der Waals surface area contributed by atoms with E-state index >= 15 is 0 Å². The molecule has 0 aliphatic heterocycles. The van der Waals surface area contributed by atoms with Gasteiger partial charge in [-0.3, -0.25) is 9.59 Å². The Morgan fingerprint density at radius 3 is 2.49 bits per heavy atom. The maximum Gasteiger partial charge on any atom is 0.258 e. The third-order valence-corrected chi connectivity index (χ3v) is 6.19. The van der Waals surface area contributed by atoms with Crippen molar-refractivity contribution in [3.05, 3.63) is 118 Å². The van der Waals surface area contributed by atoms with Crippen molar-refractivity contribution in [2.24, 2.45) is 0 Å². The number of hydrogen-bond acceptors (Lipinski definition) is 4. The van der Waals surface area contributed by atoms with Gasteiger partial charge in [0, 0.05) is 29.9 Å². The lowest BCUT2D eigenvalue weighted by molar-refractivity contribution is -0.126. The molecule has 2 aromatic heterocycles. The van der Waals surface area contributed by atoms with E-state index in [-0.39, 0.29) is 18.0 Å². The summed E-state index contributed by atoms with van der Waals surface area (Å²) in [6, 6.07) is 25.2. The van der Waals surface area contributed by atoms with Gasteiger partial charge in [0.15, 0.2) is 0 Å². The lowest BCUT2D eigenvalue weighted by Gasteiger charge is -2.18. The van der Waals surface area contributed by atoms with E-state index in [1.807, 2.05) is 85.4 Å². The SMILES string of the molecule is CCN(Cc1nc2ccccc2c(=O)[nH]1)C(=O)/C=C/c1cn(-c2ccccc2)nc1-c1ccc(C)cc1. The number of amides is 1. The molecule has 7 nitrogen and oxygen atoms in total. The Balaban J connectivity index is 1.43. The molecule has 0 radical (unpaired) electrons. The standard InChI is InChI=1S/C30H27N5O2/c1-3-34(20-27-31-26-12-8-7-11-25(26)30(37)32-27)28(36)18-17-23-19-35(24-9-5-4-6-10-24)33-29(23)22-15-13-21(2)14-16-22/h4-19H,3,20H2,1-2H3,(H,31,32,37)/b18-17+. The zero-order chi connectivity index (χ0) is 25.8. The van der Waals surface area contributed by atoms with E-state index in [1.54, 1.807) is 35.3 Å². The Hall–Kier alpha value is -4.78. The molecule has 5 aromatic rings. The highest BCUT2D eigenvalue weighted by atomic mass is 16.2. The van der Waals surface area contributed by atoms with Gasteiger partial charge in [-0.25, -0.2) is 9.67 Å². The van der Waals surface area contributed by atoms with E-state index in [1.165, 1.54) is 0 Å². The molecule has 5 rings (SSSR count). The second-order valence-electron chi connectivity index (χ2n) is 8.79. The summed E-state index contributed by atoms with van der Waals surface area (Å²) in [4.78, 5) is 34.6. The van der Waals surface area contributed by atoms with Crippen molar-refractivity contribution in [1.82, 2.24) is 24.6 Å². The molecule has 0 aliphatic rings. The molecule has 1 amide bonds. The first kappa shape index (κ1) is 23.9. The number of aryl methyl sites for hydroxylation is 1. The number of aromatic amines is 1. The molecule has 1 N–H and O–H groups in total. The number of hydrogen-bond donors (Lipinski definition) is 1. The quantitative estimate of drug-likeness (QED) is 0.321. The van der Waals surface area contributed by atoms with Gasteiger partial charge in [0.05, 0.1) is 28.8 Å². The Kier molecular flexibility index (Phi) is 6.76. The van der Waals surface area contributed by atoms with Gasteiger partial charge < -0.3 is 9.88 Å². The van der Waals surface area contributed by atoms with E-state index in [4.69, 9.17) is 5.10 Å². The van der Waals surface area contributed by atoms with Crippen molar-refractivity contribution >= 4 is 22.9 Å². The Morgan fingerprint density at radius 1 is 1.00 bits per heavy atom. The molecule has 0 bridgehead atoms. The number of fused-ring (bicyclic) bond motifs is 1. The largest absolute Gasteiger partial charge is 0.332 e. The van der Waals surface area contributed by atoms with Gasteiger partial charge in [0.2, 0.25) is 5.91 Å². The van der Waals surface area contributed by atoms with E-state index in [2.05, 4.69) is 9.97 Å². The predicted molar refractivity (Wildman–Crippen MR) is 146 cm³/mol. The summed E-state index contributed by atoms with van der Waals surface area (Å²) in [5.41, 5.74) is 5.08. The fraction of sp³-hybridized carbons (Fsp3) is 0.133. The van der Waals surface area contributed by atoms with Gasteiger partial charge in [0.25, 0.3) is 5.56 Å². The van der Waals surface area contributed by atoms with Gasteiger partial charge in [0.1, 0.15) is 5.82 Å². The van der Waals surface area contributed by atoms with E-state index in [0.717, 1.165) is 28.1 Å². The number of aromatic nitrogens is 4. The van der Waals surface area contributed by atoms with Crippen LogP contribution in [0.1, 0.15) is 23.9 Å². The topological polar surface area (TPSA) is 83.9 Å². The Labute approximate surface area is 214 Å². The van der Waals surface area contributed by atoms with Crippen LogP contribution in [0.15, 0.2) is 95.9 Å². The fourth-order valence-corrected chi connectivity index (χ4v) is 4.16. The highest BCUT2D eigenvalue weighted by Crippen LogP contribution is 2.25. The first-order chi connectivity index (χ1) is 18.0. The van der Waals surface area contributed by atoms with Crippen LogP contribution in [0.5, 0.6) is 0 Å². The van der Waals surface area contributed by atoms with Crippen molar-refractivity contribution in [3.8, 4) is 16.9 Å². The van der Waals surface area contributed by atoms with Crippen LogP contribution in [0, 0.1) is 6.92 Å². The lowest BCUT2D eigenvalue weighted by atomic mass is 10.1. The maximum atomic E-state index is 13.2. The van der Waals surface area contributed by atoms with Crippen LogP contribution in [0.4, 0.5) is 0 Å². The smallest absolute Gasteiger partial charge is 0.258 e. The van der Waals surface area contributed by atoms with Gasteiger partial charge >= 0.3 is 0 Å². The number of likely N-dealkylation sites (N-methyl/N-ethyl adjacent to an activating group) is 1. The summed E-state index contributed by atoms with van der Waals surface area (Å²) in [7, 11) is 0. The van der Waals surface area contributed by atoms with Gasteiger partial charge in [-0.1, -0.05) is 60.2 Å². The third-order valence-electron chi connectivity index (χ3n) is 6.19. The van der Waals surface area contributed by atoms with Gasteiger partial charge in [-0.05, 0) is 44.2 Å². The van der Waals surface area contributed by atoms with Crippen molar-refractivity contribution < 1.29 is 4.79 Å². The van der Waals surface area contributed by atoms with Crippen LogP contribution in [0.25, 0.3) is 33.9 Å². The van der Waals surface area contributed by atoms with Crippen molar-refractivity contribution in [2.75, 3.05) is 6.54 Å². The minimum atomic E-state index is -0.212. The summed E-state index contributed by atoms with van der Waals surface area (Å²) < 4.78 is 1.82. The third kappa shape index (κ3) is 5.26. The summed E-state index contributed by atoms with van der Waals surface area (Å²) in [6.45, 7) is 4.61. The average molecular weight is 490 g/mol. The van der Waals surface area contributed by atoms with Crippen molar-refractivity contribution in [2.45, 2.75) is 20.4 Å². The molecule has 0 unspecified atom stereocenters. The molecule has 0 saturated carbocycles. The number of carbonyl (C=O) groups excluding carboxylic acids is 1. The van der Waals surface area contributed by atoms with Gasteiger partial charge in [-0.15, -0.1) is 0 Å². The average Bonchev–Trinajstić information content (AvgIpc) is 3.35.